The van der Waals surface area contributed by atoms with Crippen molar-refractivity contribution in [2.24, 2.45) is 0 Å². The van der Waals surface area contributed by atoms with Gasteiger partial charge in [0.2, 0.25) is 0 Å². The Morgan fingerprint density at radius 2 is 1.80 bits per heavy atom. The maximum absolute atomic E-state index is 12.4. The fourth-order valence-electron chi connectivity index (χ4n) is 2.04. The molecular weight excluding hydrogens is 350 g/mol. The zero-order valence-electron chi connectivity index (χ0n) is 13.3. The number of esters is 1. The number of carbonyl (C=O) groups is 3. The third-order valence-corrected chi connectivity index (χ3v) is 3.36. The van der Waals surface area contributed by atoms with Crippen LogP contribution in [0.3, 0.4) is 0 Å². The monoisotopic (exact) mass is 362 g/mol. The number of carbonyl (C=O) groups excluding carboxylic acids is 3. The molecule has 8 heteroatoms. The zero-order valence-corrected chi connectivity index (χ0v) is 14.0. The Balaban J connectivity index is 2.31. The van der Waals surface area contributed by atoms with E-state index in [0.717, 1.165) is 0 Å². The summed E-state index contributed by atoms with van der Waals surface area (Å²) in [6.45, 7) is 1.24. The van der Waals surface area contributed by atoms with Crippen molar-refractivity contribution < 1.29 is 29.0 Å². The van der Waals surface area contributed by atoms with Crippen LogP contribution < -0.4 is 19.9 Å². The molecule has 0 bridgehead atoms. The van der Waals surface area contributed by atoms with Crippen LogP contribution in [0.4, 0.5) is 5.69 Å². The minimum Gasteiger partial charge on any atom is -0.545 e. The number of hydrogen-bond donors (Lipinski definition) is 1. The van der Waals surface area contributed by atoms with Gasteiger partial charge in [0, 0.05) is 23.1 Å². The number of hydrogen-bond acceptors (Lipinski definition) is 6. The smallest absolute Gasteiger partial charge is 0.308 e. The molecule has 130 valence electrons. The molecule has 0 saturated heterocycles. The second-order valence-corrected chi connectivity index (χ2v) is 5.33. The zero-order chi connectivity index (χ0) is 18.6. The molecule has 0 radical (unpaired) electrons. The van der Waals surface area contributed by atoms with Crippen molar-refractivity contribution in [3.05, 3.63) is 52.5 Å². The lowest BCUT2D eigenvalue weighted by molar-refractivity contribution is -0.254. The van der Waals surface area contributed by atoms with Crippen molar-refractivity contribution in [1.82, 2.24) is 0 Å². The molecule has 0 aliphatic heterocycles. The van der Waals surface area contributed by atoms with E-state index in [-0.39, 0.29) is 33.3 Å². The third-order valence-electron chi connectivity index (χ3n) is 3.13. The number of halogens is 1. The topological polar surface area (TPSA) is 105 Å². The number of anilines is 1. The van der Waals surface area contributed by atoms with Crippen molar-refractivity contribution >= 4 is 35.1 Å². The van der Waals surface area contributed by atoms with Gasteiger partial charge in [-0.15, -0.1) is 0 Å². The van der Waals surface area contributed by atoms with Crippen LogP contribution >= 0.6 is 11.6 Å². The summed E-state index contributed by atoms with van der Waals surface area (Å²) < 4.78 is 10.0. The summed E-state index contributed by atoms with van der Waals surface area (Å²) in [6.07, 6.45) is 0. The van der Waals surface area contributed by atoms with Gasteiger partial charge in [-0.2, -0.15) is 0 Å². The van der Waals surface area contributed by atoms with E-state index in [1.54, 1.807) is 0 Å². The van der Waals surface area contributed by atoms with Crippen LogP contribution in [0.1, 0.15) is 27.6 Å². The molecule has 0 atom stereocenters. The Kier molecular flexibility index (Phi) is 5.61. The molecule has 2 aromatic rings. The van der Waals surface area contributed by atoms with Gasteiger partial charge < -0.3 is 24.7 Å². The van der Waals surface area contributed by atoms with Crippen LogP contribution in [0, 0.1) is 0 Å². The van der Waals surface area contributed by atoms with Crippen molar-refractivity contribution in [2.75, 3.05) is 12.4 Å². The Morgan fingerprint density at radius 3 is 2.40 bits per heavy atom. The first-order chi connectivity index (χ1) is 11.8. The van der Waals surface area contributed by atoms with Gasteiger partial charge >= 0.3 is 5.97 Å². The fourth-order valence-corrected chi connectivity index (χ4v) is 2.21. The van der Waals surface area contributed by atoms with E-state index in [4.69, 9.17) is 21.1 Å². The Hall–Kier alpha value is -3.06. The van der Waals surface area contributed by atoms with Gasteiger partial charge in [-0.3, -0.25) is 9.59 Å². The highest BCUT2D eigenvalue weighted by atomic mass is 35.5. The molecule has 0 aliphatic carbocycles. The standard InChI is InChI=1S/C17H14ClNO6/c1-9(20)25-14-6-3-10(7-15(14)24-2)16(21)19-13-8-11(18)4-5-12(13)17(22)23/h3-8H,1-2H3,(H,19,21)(H,22,23)/p-1. The van der Waals surface area contributed by atoms with Gasteiger partial charge in [0.05, 0.1) is 18.8 Å². The average molecular weight is 363 g/mol. The van der Waals surface area contributed by atoms with E-state index in [1.807, 2.05) is 0 Å². The number of methoxy groups -OCH3 is 1. The molecule has 1 N–H and O–H groups in total. The van der Waals surface area contributed by atoms with Gasteiger partial charge in [0.15, 0.2) is 11.5 Å². The predicted molar refractivity (Wildman–Crippen MR) is 88.0 cm³/mol. The average Bonchev–Trinajstić information content (AvgIpc) is 2.54. The minimum absolute atomic E-state index is 0.000490. The summed E-state index contributed by atoms with van der Waals surface area (Å²) in [4.78, 5) is 34.5. The van der Waals surface area contributed by atoms with Crippen molar-refractivity contribution in [2.45, 2.75) is 6.92 Å². The summed E-state index contributed by atoms with van der Waals surface area (Å²) >= 11 is 5.83. The van der Waals surface area contributed by atoms with Gasteiger partial charge in [-0.05, 0) is 36.4 Å². The van der Waals surface area contributed by atoms with E-state index in [1.165, 1.54) is 50.4 Å². The highest BCUT2D eigenvalue weighted by Gasteiger charge is 2.14. The first kappa shape index (κ1) is 18.3. The lowest BCUT2D eigenvalue weighted by atomic mass is 10.1. The molecule has 0 aliphatic rings. The molecule has 0 heterocycles. The van der Waals surface area contributed by atoms with Crippen molar-refractivity contribution in [3.8, 4) is 11.5 Å². The number of benzene rings is 2. The predicted octanol–water partition coefficient (Wildman–Crippen LogP) is 1.89. The van der Waals surface area contributed by atoms with E-state index in [2.05, 4.69) is 5.32 Å². The molecule has 0 fully saturated rings. The molecule has 0 aromatic heterocycles. The molecule has 0 saturated carbocycles. The van der Waals surface area contributed by atoms with Crippen LogP contribution in [0.15, 0.2) is 36.4 Å². The largest absolute Gasteiger partial charge is 0.545 e. The van der Waals surface area contributed by atoms with Crippen molar-refractivity contribution in [1.29, 1.82) is 0 Å². The number of rotatable bonds is 5. The van der Waals surface area contributed by atoms with Crippen LogP contribution in [-0.2, 0) is 4.79 Å². The van der Waals surface area contributed by atoms with Crippen LogP contribution in [0.2, 0.25) is 5.02 Å². The van der Waals surface area contributed by atoms with Crippen LogP contribution in [0.25, 0.3) is 0 Å². The third kappa shape index (κ3) is 4.48. The quantitative estimate of drug-likeness (QED) is 0.643. The molecule has 2 rings (SSSR count). The Labute approximate surface area is 148 Å². The second kappa shape index (κ2) is 7.67. The SMILES string of the molecule is COc1cc(C(=O)Nc2cc(Cl)ccc2C(=O)[O-])ccc1OC(C)=O. The van der Waals surface area contributed by atoms with E-state index < -0.39 is 17.8 Å². The first-order valence-electron chi connectivity index (χ1n) is 7.00. The van der Waals surface area contributed by atoms with Gasteiger partial charge in [0.25, 0.3) is 5.91 Å². The Bertz CT molecular complexity index is 849. The molecular formula is C17H13ClNO6-. The minimum atomic E-state index is -1.45. The second-order valence-electron chi connectivity index (χ2n) is 4.89. The summed E-state index contributed by atoms with van der Waals surface area (Å²) in [7, 11) is 1.36. The molecule has 2 aromatic carbocycles. The lowest BCUT2D eigenvalue weighted by Crippen LogP contribution is -2.24. The molecule has 0 unspecified atom stereocenters. The number of amides is 1. The summed E-state index contributed by atoms with van der Waals surface area (Å²) in [5.41, 5.74) is -0.0428. The number of aromatic carboxylic acids is 1. The highest BCUT2D eigenvalue weighted by molar-refractivity contribution is 6.31. The van der Waals surface area contributed by atoms with E-state index >= 15 is 0 Å². The Morgan fingerprint density at radius 1 is 1.08 bits per heavy atom. The molecule has 7 nitrogen and oxygen atoms in total. The number of carboxylic acid groups (broad SMARTS) is 1. The summed E-state index contributed by atoms with van der Waals surface area (Å²) in [5.74, 6) is -2.25. The first-order valence-corrected chi connectivity index (χ1v) is 7.38. The molecule has 25 heavy (non-hydrogen) atoms. The normalized spacial score (nSPS) is 10.0. The molecule has 0 spiro atoms. The van der Waals surface area contributed by atoms with Crippen molar-refractivity contribution in [3.63, 3.8) is 0 Å². The highest BCUT2D eigenvalue weighted by Crippen LogP contribution is 2.29. The fraction of sp³-hybridized carbons (Fsp3) is 0.118. The maximum Gasteiger partial charge on any atom is 0.308 e. The molecule has 1 amide bonds. The maximum atomic E-state index is 12.4. The number of carboxylic acids is 1. The van der Waals surface area contributed by atoms with Gasteiger partial charge in [0.1, 0.15) is 0 Å². The summed E-state index contributed by atoms with van der Waals surface area (Å²) in [6, 6.07) is 8.06. The van der Waals surface area contributed by atoms with Gasteiger partial charge in [-0.1, -0.05) is 11.6 Å². The lowest BCUT2D eigenvalue weighted by Gasteiger charge is -2.13. The van der Waals surface area contributed by atoms with Crippen LogP contribution in [0.5, 0.6) is 11.5 Å². The van der Waals surface area contributed by atoms with Gasteiger partial charge in [-0.25, -0.2) is 0 Å². The van der Waals surface area contributed by atoms with E-state index in [9.17, 15) is 19.5 Å². The van der Waals surface area contributed by atoms with Crippen LogP contribution in [-0.4, -0.2) is 25.0 Å². The summed E-state index contributed by atoms with van der Waals surface area (Å²) in [5, 5.41) is 13.8. The number of nitrogens with one attached hydrogen (secondary N) is 1. The van der Waals surface area contributed by atoms with E-state index in [0.29, 0.717) is 0 Å². The number of ether oxygens (including phenoxy) is 2.